The van der Waals surface area contributed by atoms with Crippen LogP contribution in [0.3, 0.4) is 0 Å². The zero-order valence-corrected chi connectivity index (χ0v) is 20.8. The molecule has 4 rings (SSSR count). The number of primary amides is 1. The Kier molecular flexibility index (Phi) is 5.94. The molecule has 11 nitrogen and oxygen atoms in total. The largest absolute Gasteiger partial charge is 0.508 e. The molecule has 1 aromatic rings. The van der Waals surface area contributed by atoms with Crippen LogP contribution in [0, 0.1) is 11.8 Å². The molecule has 0 spiro atoms. The fraction of sp³-hybridized carbons (Fsp3) is 0.417. The molecule has 0 aliphatic heterocycles. The standard InChI is InChI=1S/C24H26ClN3O8/c1-27(2)12-7-10(22(25)34)17(29)14-9(12)5-8-6-11-16(28(3)4)19(31)15(23(26)35)21(33)24(11,36)20(32)13(8)18(14)30/h7-8,11,16,29-30,33,36H,5-6H2,1-4H3,(H2,26,35). The second kappa shape index (κ2) is 8.32. The Bertz CT molecular complexity index is 1310. The number of benzene rings is 1. The van der Waals surface area contributed by atoms with Gasteiger partial charge in [0.05, 0.1) is 17.2 Å². The molecule has 6 N–H and O–H groups in total. The summed E-state index contributed by atoms with van der Waals surface area (Å²) < 4.78 is 0. The van der Waals surface area contributed by atoms with Crippen LogP contribution in [0.15, 0.2) is 23.0 Å². The lowest BCUT2D eigenvalue weighted by molar-refractivity contribution is -0.153. The van der Waals surface area contributed by atoms with E-state index in [1.54, 1.807) is 19.0 Å². The molecule has 1 aromatic carbocycles. The number of carbonyl (C=O) groups is 4. The van der Waals surface area contributed by atoms with Crippen LogP contribution in [0.2, 0.25) is 0 Å². The van der Waals surface area contributed by atoms with Crippen molar-refractivity contribution >= 4 is 45.8 Å². The van der Waals surface area contributed by atoms with E-state index < -0.39 is 69.0 Å². The average molecular weight is 520 g/mol. The summed E-state index contributed by atoms with van der Waals surface area (Å²) in [6.07, 6.45) is 0.0714. The number of phenolic OH excluding ortho intramolecular Hbond substituents is 1. The third-order valence-electron chi connectivity index (χ3n) is 7.39. The molecule has 1 amide bonds. The van der Waals surface area contributed by atoms with Crippen molar-refractivity contribution < 1.29 is 39.6 Å². The summed E-state index contributed by atoms with van der Waals surface area (Å²) >= 11 is 5.64. The van der Waals surface area contributed by atoms with Crippen molar-refractivity contribution in [2.24, 2.45) is 17.6 Å². The van der Waals surface area contributed by atoms with E-state index in [1.807, 2.05) is 0 Å². The van der Waals surface area contributed by atoms with E-state index in [4.69, 9.17) is 17.3 Å². The van der Waals surface area contributed by atoms with E-state index in [1.165, 1.54) is 25.1 Å². The number of halogens is 1. The average Bonchev–Trinajstić information content (AvgIpc) is 2.75. The van der Waals surface area contributed by atoms with Crippen LogP contribution in [-0.4, -0.2) is 87.9 Å². The number of anilines is 1. The minimum atomic E-state index is -2.73. The van der Waals surface area contributed by atoms with E-state index in [-0.39, 0.29) is 29.5 Å². The monoisotopic (exact) mass is 519 g/mol. The molecule has 4 atom stereocenters. The molecule has 0 saturated heterocycles. The van der Waals surface area contributed by atoms with Gasteiger partial charge in [-0.15, -0.1) is 0 Å². The summed E-state index contributed by atoms with van der Waals surface area (Å²) in [5.41, 5.74) is 1.80. The highest BCUT2D eigenvalue weighted by Gasteiger charge is 2.64. The first-order chi connectivity index (χ1) is 16.7. The Morgan fingerprint density at radius 2 is 1.75 bits per heavy atom. The molecule has 0 bridgehead atoms. The number of rotatable bonds is 4. The van der Waals surface area contributed by atoms with Crippen LogP contribution in [0.25, 0.3) is 5.76 Å². The van der Waals surface area contributed by atoms with Crippen molar-refractivity contribution in [3.05, 3.63) is 39.7 Å². The normalized spacial score (nSPS) is 27.6. The summed E-state index contributed by atoms with van der Waals surface area (Å²) in [5.74, 6) is -7.64. The van der Waals surface area contributed by atoms with E-state index >= 15 is 0 Å². The zero-order valence-electron chi connectivity index (χ0n) is 20.0. The summed E-state index contributed by atoms with van der Waals surface area (Å²) in [5, 5.41) is 43.5. The van der Waals surface area contributed by atoms with Gasteiger partial charge in [0.2, 0.25) is 5.78 Å². The highest BCUT2D eigenvalue weighted by molar-refractivity contribution is 6.68. The maximum absolute atomic E-state index is 13.8. The minimum Gasteiger partial charge on any atom is -0.508 e. The fourth-order valence-corrected chi connectivity index (χ4v) is 5.98. The van der Waals surface area contributed by atoms with Crippen molar-refractivity contribution in [2.45, 2.75) is 24.5 Å². The molecule has 3 aliphatic carbocycles. The van der Waals surface area contributed by atoms with Crippen LogP contribution >= 0.6 is 11.6 Å². The van der Waals surface area contributed by atoms with Crippen molar-refractivity contribution in [3.63, 3.8) is 0 Å². The van der Waals surface area contributed by atoms with Crippen LogP contribution in [-0.2, 0) is 20.8 Å². The van der Waals surface area contributed by atoms with E-state index in [0.29, 0.717) is 11.3 Å². The maximum atomic E-state index is 13.8. The first-order valence-corrected chi connectivity index (χ1v) is 11.4. The predicted molar refractivity (Wildman–Crippen MR) is 129 cm³/mol. The number of aliphatic hydroxyl groups is 3. The summed E-state index contributed by atoms with van der Waals surface area (Å²) in [6.45, 7) is 0. The quantitative estimate of drug-likeness (QED) is 0.276. The van der Waals surface area contributed by atoms with Crippen LogP contribution < -0.4 is 10.6 Å². The number of nitrogens with two attached hydrogens (primary N) is 1. The number of nitrogens with zero attached hydrogens (tertiary/aromatic N) is 2. The Labute approximate surface area is 211 Å². The van der Waals surface area contributed by atoms with Crippen molar-refractivity contribution in [2.75, 3.05) is 33.1 Å². The third-order valence-corrected chi connectivity index (χ3v) is 7.59. The number of aromatic hydroxyl groups is 1. The molecule has 192 valence electrons. The molecular weight excluding hydrogens is 494 g/mol. The molecule has 0 aromatic heterocycles. The highest BCUT2D eigenvalue weighted by Crippen LogP contribution is 2.54. The van der Waals surface area contributed by atoms with Gasteiger partial charge in [-0.2, -0.15) is 0 Å². The number of phenols is 1. The number of ketones is 2. The molecule has 1 fully saturated rings. The molecule has 0 heterocycles. The summed E-state index contributed by atoms with van der Waals surface area (Å²) in [6, 6.07) is 0.212. The van der Waals surface area contributed by atoms with Gasteiger partial charge in [-0.3, -0.25) is 24.1 Å². The lowest BCUT2D eigenvalue weighted by atomic mass is 9.57. The van der Waals surface area contributed by atoms with Gasteiger partial charge in [0, 0.05) is 31.3 Å². The first kappa shape index (κ1) is 25.7. The number of fused-ring (bicyclic) bond motifs is 3. The lowest BCUT2D eigenvalue weighted by Crippen LogP contribution is -2.65. The Hall–Kier alpha value is -3.41. The van der Waals surface area contributed by atoms with Crippen molar-refractivity contribution in [3.8, 4) is 5.75 Å². The SMILES string of the molecule is CN(C)c1cc(C(=O)Cl)c(O)c2c1CC1CC3C(N(C)C)C(=O)C(C(N)=O)=C(O)C3(O)C(=O)C1=C2O. The van der Waals surface area contributed by atoms with Crippen LogP contribution in [0.1, 0.15) is 27.9 Å². The second-order valence-corrected chi connectivity index (χ2v) is 10.1. The predicted octanol–water partition coefficient (Wildman–Crippen LogP) is 0.409. The van der Waals surface area contributed by atoms with Gasteiger partial charge in [-0.1, -0.05) is 0 Å². The van der Waals surface area contributed by atoms with Crippen molar-refractivity contribution in [1.29, 1.82) is 0 Å². The number of carbonyl (C=O) groups excluding carboxylic acids is 4. The third kappa shape index (κ3) is 3.26. The van der Waals surface area contributed by atoms with E-state index in [0.717, 1.165) is 0 Å². The van der Waals surface area contributed by atoms with Crippen molar-refractivity contribution in [1.82, 2.24) is 4.90 Å². The summed E-state index contributed by atoms with van der Waals surface area (Å²) in [7, 11) is 6.43. The molecule has 4 unspecified atom stereocenters. The summed E-state index contributed by atoms with van der Waals surface area (Å²) in [4.78, 5) is 54.0. The highest BCUT2D eigenvalue weighted by atomic mass is 35.5. The van der Waals surface area contributed by atoms with E-state index in [2.05, 4.69) is 0 Å². The van der Waals surface area contributed by atoms with Gasteiger partial charge in [-0.25, -0.2) is 0 Å². The molecule has 1 saturated carbocycles. The van der Waals surface area contributed by atoms with Crippen LogP contribution in [0.4, 0.5) is 5.69 Å². The minimum absolute atomic E-state index is 0.0322. The molecule has 36 heavy (non-hydrogen) atoms. The molecule has 0 radical (unpaired) electrons. The molecule has 3 aliphatic rings. The number of amides is 1. The second-order valence-electron chi connectivity index (χ2n) is 9.78. The number of likely N-dealkylation sites (N-methyl/N-ethyl adjacent to an activating group) is 1. The Morgan fingerprint density at radius 1 is 1.14 bits per heavy atom. The van der Waals surface area contributed by atoms with E-state index in [9.17, 15) is 39.6 Å². The fourth-order valence-electron chi connectivity index (χ4n) is 5.84. The van der Waals surface area contributed by atoms with Gasteiger partial charge < -0.3 is 31.1 Å². The van der Waals surface area contributed by atoms with Crippen LogP contribution in [0.5, 0.6) is 5.75 Å². The van der Waals surface area contributed by atoms with Gasteiger partial charge in [0.1, 0.15) is 22.8 Å². The van der Waals surface area contributed by atoms with Gasteiger partial charge in [-0.05, 0) is 56.1 Å². The Balaban J connectivity index is 2.03. The number of Topliss-reactive ketones (excluding diaryl/α,β-unsaturated/α-hetero) is 2. The lowest BCUT2D eigenvalue weighted by Gasteiger charge is -2.50. The van der Waals surface area contributed by atoms with Gasteiger partial charge in [0.15, 0.2) is 11.4 Å². The number of hydrogen-bond acceptors (Lipinski definition) is 10. The van der Waals surface area contributed by atoms with Gasteiger partial charge in [0.25, 0.3) is 11.1 Å². The topological polar surface area (TPSA) is 182 Å². The number of hydrogen-bond donors (Lipinski definition) is 5. The molecular formula is C24H26ClN3O8. The maximum Gasteiger partial charge on any atom is 0.256 e. The van der Waals surface area contributed by atoms with Gasteiger partial charge >= 0.3 is 0 Å². The zero-order chi connectivity index (χ0) is 27.0. The first-order valence-electron chi connectivity index (χ1n) is 11.1. The molecule has 12 heteroatoms. The Morgan fingerprint density at radius 3 is 2.25 bits per heavy atom. The number of aliphatic hydroxyl groups excluding tert-OH is 2. The smallest absolute Gasteiger partial charge is 0.256 e.